The number of hydrogen-bond donors (Lipinski definition) is 2. The minimum Gasteiger partial charge on any atom is -0.485 e. The lowest BCUT2D eigenvalue weighted by atomic mass is 9.49. The van der Waals surface area contributed by atoms with Crippen LogP contribution < -0.4 is 9.61 Å². The number of allylic oxidation sites excluding steroid dienone is 3. The molecule has 3 aliphatic carbocycles. The summed E-state index contributed by atoms with van der Waals surface area (Å²) in [5, 5.41) is 15.4. The number of benzene rings is 1. The molecule has 2 aliphatic heterocycles. The Morgan fingerprint density at radius 2 is 2.02 bits per heavy atom. The number of fused-ring (bicyclic) bond motifs is 1. The molecule has 4 fully saturated rings. The highest BCUT2D eigenvalue weighted by Crippen LogP contribution is 2.68. The molecule has 2 saturated heterocycles. The van der Waals surface area contributed by atoms with Gasteiger partial charge in [-0.1, -0.05) is 37.8 Å². The van der Waals surface area contributed by atoms with Crippen LogP contribution in [-0.4, -0.2) is 60.0 Å². The van der Waals surface area contributed by atoms with E-state index in [9.17, 15) is 14.5 Å². The van der Waals surface area contributed by atoms with E-state index in [1.807, 2.05) is 19.1 Å². The van der Waals surface area contributed by atoms with Crippen LogP contribution in [0.15, 0.2) is 66.2 Å². The maximum atomic E-state index is 14.4. The van der Waals surface area contributed by atoms with Crippen LogP contribution in [0.25, 0.3) is 0 Å². The summed E-state index contributed by atoms with van der Waals surface area (Å²) in [5.74, 6) is 1.23. The summed E-state index contributed by atoms with van der Waals surface area (Å²) >= 11 is 0. The van der Waals surface area contributed by atoms with Crippen molar-refractivity contribution in [3.05, 3.63) is 66.2 Å². The summed E-state index contributed by atoms with van der Waals surface area (Å²) < 4.78 is 38.3. The van der Waals surface area contributed by atoms with E-state index in [0.717, 1.165) is 43.8 Å². The van der Waals surface area contributed by atoms with E-state index in [1.54, 1.807) is 31.2 Å². The summed E-state index contributed by atoms with van der Waals surface area (Å²) in [6.07, 6.45) is 9.29. The third kappa shape index (κ3) is 5.26. The molecule has 2 saturated carbocycles. The molecule has 9 nitrogen and oxygen atoms in total. The predicted octanol–water partition coefficient (Wildman–Crippen LogP) is 5.74. The fourth-order valence-electron chi connectivity index (χ4n) is 8.11. The molecule has 0 radical (unpaired) electrons. The molecule has 2 bridgehead atoms. The van der Waals surface area contributed by atoms with Crippen molar-refractivity contribution in [2.24, 2.45) is 23.2 Å². The van der Waals surface area contributed by atoms with Crippen molar-refractivity contribution >= 4 is 13.7 Å². The highest BCUT2D eigenvalue weighted by Gasteiger charge is 2.72. The van der Waals surface area contributed by atoms with Crippen molar-refractivity contribution < 1.29 is 33.0 Å². The minimum atomic E-state index is -4.18. The first kappa shape index (κ1) is 30.4. The molecule has 0 amide bonds. The van der Waals surface area contributed by atoms with Crippen molar-refractivity contribution in [1.29, 1.82) is 0 Å². The molecule has 6 rings (SSSR count). The fraction of sp³-hybridized carbons (Fsp3) is 0.606. The van der Waals surface area contributed by atoms with Gasteiger partial charge in [-0.05, 0) is 94.5 Å². The summed E-state index contributed by atoms with van der Waals surface area (Å²) in [5.41, 5.74) is -0.752. The van der Waals surface area contributed by atoms with Crippen LogP contribution in [0.2, 0.25) is 0 Å². The number of likely N-dealkylation sites (tertiary alicyclic amines) is 1. The predicted molar refractivity (Wildman–Crippen MR) is 163 cm³/mol. The lowest BCUT2D eigenvalue weighted by Crippen LogP contribution is -2.68. The fourth-order valence-corrected chi connectivity index (χ4v) is 9.64. The van der Waals surface area contributed by atoms with Gasteiger partial charge in [0.2, 0.25) is 0 Å². The van der Waals surface area contributed by atoms with Crippen LogP contribution in [-0.2, 0) is 23.4 Å². The van der Waals surface area contributed by atoms with E-state index < -0.39 is 36.9 Å². The van der Waals surface area contributed by atoms with Gasteiger partial charge < -0.3 is 23.6 Å². The number of methoxy groups -OCH3 is 1. The third-order valence-corrected chi connectivity index (χ3v) is 12.0. The molecular formula is C33H45N2O7P. The monoisotopic (exact) mass is 612 g/mol. The average molecular weight is 613 g/mol. The first-order valence-corrected chi connectivity index (χ1v) is 17.2. The molecule has 2 N–H and O–H groups in total. The molecule has 43 heavy (non-hydrogen) atoms. The molecule has 1 aromatic carbocycles. The second-order valence-electron chi connectivity index (χ2n) is 13.1. The molecule has 1 spiro atoms. The maximum Gasteiger partial charge on any atom is 0.513 e. The smallest absolute Gasteiger partial charge is 0.485 e. The van der Waals surface area contributed by atoms with Crippen molar-refractivity contribution in [3.63, 3.8) is 0 Å². The molecule has 10 heteroatoms. The molecule has 2 heterocycles. The van der Waals surface area contributed by atoms with Gasteiger partial charge in [0, 0.05) is 18.5 Å². The van der Waals surface area contributed by atoms with Gasteiger partial charge in [-0.25, -0.2) is 4.57 Å². The zero-order chi connectivity index (χ0) is 30.6. The van der Waals surface area contributed by atoms with Gasteiger partial charge in [0.15, 0.2) is 5.76 Å². The second-order valence-corrected chi connectivity index (χ2v) is 14.7. The first-order chi connectivity index (χ1) is 20.5. The van der Waals surface area contributed by atoms with Gasteiger partial charge in [-0.15, -0.1) is 0 Å². The van der Waals surface area contributed by atoms with E-state index in [1.165, 1.54) is 20.0 Å². The lowest BCUT2D eigenvalue weighted by Gasteiger charge is -2.58. The van der Waals surface area contributed by atoms with E-state index in [0.29, 0.717) is 17.9 Å². The Kier molecular flexibility index (Phi) is 8.08. The minimum absolute atomic E-state index is 0.00541. The van der Waals surface area contributed by atoms with Crippen LogP contribution >= 0.6 is 7.75 Å². The Balaban J connectivity index is 1.41. The van der Waals surface area contributed by atoms with Gasteiger partial charge >= 0.3 is 13.7 Å². The van der Waals surface area contributed by atoms with Crippen molar-refractivity contribution in [2.45, 2.75) is 83.1 Å². The third-order valence-electron chi connectivity index (χ3n) is 10.4. The lowest BCUT2D eigenvalue weighted by molar-refractivity contribution is -0.179. The Labute approximate surface area is 254 Å². The number of nitrogens with zero attached hydrogens (tertiary/aromatic N) is 1. The SMILES string of the molecule is C=C(CC)C1OC2=C(OP(=O)(N[C@@H](C)C(=O)OC)Oc3ccccc3)C=CC3C[C@H]4N(CC5CC5)CCC[C@@]1(C23)C4(C)O. The number of aliphatic hydroxyl groups is 1. The Bertz CT molecular complexity index is 1360. The number of carbonyl (C=O) groups excluding carboxylic acids is 1. The standard InChI is InChI=1S/C33H45N2O7P/c1-6-21(2)30-33-17-10-18-35(20-23-13-14-23)27(32(33,4)37)19-24-15-16-26(29(40-30)28(24)33)42-43(38,34-22(3)31(36)39-5)41-25-11-8-7-9-12-25/h7-9,11-12,15-16,22-24,27-28,30,37H,2,6,10,13-14,17-20H2,1,3-5H3,(H,34,38)/t22-,24?,27+,28?,30?,32?,33-,43?/m0/s1. The maximum absolute atomic E-state index is 14.4. The zero-order valence-electron chi connectivity index (χ0n) is 25.7. The molecule has 234 valence electrons. The normalized spacial score (nSPS) is 35.2. The molecule has 5 unspecified atom stereocenters. The summed E-state index contributed by atoms with van der Waals surface area (Å²) in [6, 6.07) is 7.72. The van der Waals surface area contributed by atoms with Crippen LogP contribution in [0.3, 0.4) is 0 Å². The van der Waals surface area contributed by atoms with E-state index in [-0.39, 0.29) is 23.6 Å². The molecule has 8 atom stereocenters. The highest BCUT2D eigenvalue weighted by molar-refractivity contribution is 7.52. The second kappa shape index (κ2) is 11.4. The molecule has 0 aromatic heterocycles. The van der Waals surface area contributed by atoms with Crippen LogP contribution in [0.1, 0.15) is 59.3 Å². The Morgan fingerprint density at radius 3 is 2.70 bits per heavy atom. The van der Waals surface area contributed by atoms with Gasteiger partial charge in [0.1, 0.15) is 23.7 Å². The van der Waals surface area contributed by atoms with Crippen LogP contribution in [0.4, 0.5) is 0 Å². The number of hydrogen-bond acceptors (Lipinski definition) is 8. The number of rotatable bonds is 11. The molecule has 1 aromatic rings. The highest BCUT2D eigenvalue weighted by atomic mass is 31.2. The number of para-hydroxylation sites is 1. The van der Waals surface area contributed by atoms with Crippen molar-refractivity contribution in [3.8, 4) is 5.75 Å². The van der Waals surface area contributed by atoms with Crippen molar-refractivity contribution in [1.82, 2.24) is 9.99 Å². The van der Waals surface area contributed by atoms with Crippen LogP contribution in [0, 0.1) is 23.2 Å². The Hall–Kier alpha value is -2.58. The number of carbonyl (C=O) groups is 1. The summed E-state index contributed by atoms with van der Waals surface area (Å²) in [7, 11) is -2.91. The topological polar surface area (TPSA) is 107 Å². The summed E-state index contributed by atoms with van der Waals surface area (Å²) in [4.78, 5) is 14.8. The largest absolute Gasteiger partial charge is 0.513 e. The van der Waals surface area contributed by atoms with E-state index in [4.69, 9.17) is 18.5 Å². The average Bonchev–Trinajstić information content (AvgIpc) is 3.73. The van der Waals surface area contributed by atoms with Crippen LogP contribution in [0.5, 0.6) is 5.75 Å². The van der Waals surface area contributed by atoms with E-state index in [2.05, 4.69) is 29.6 Å². The van der Waals surface area contributed by atoms with Gasteiger partial charge in [-0.2, -0.15) is 5.09 Å². The Morgan fingerprint density at radius 1 is 1.28 bits per heavy atom. The van der Waals surface area contributed by atoms with Crippen molar-refractivity contribution in [2.75, 3.05) is 20.2 Å². The van der Waals surface area contributed by atoms with Gasteiger partial charge in [0.05, 0.1) is 18.1 Å². The summed E-state index contributed by atoms with van der Waals surface area (Å²) in [6.45, 7) is 12.0. The quantitative estimate of drug-likeness (QED) is 0.184. The van der Waals surface area contributed by atoms with E-state index >= 15 is 0 Å². The number of nitrogens with one attached hydrogen (secondary N) is 1. The molecule has 5 aliphatic rings. The number of esters is 1. The number of ether oxygens (including phenoxy) is 2. The molecular weight excluding hydrogens is 567 g/mol. The zero-order valence-corrected chi connectivity index (χ0v) is 26.6. The van der Waals surface area contributed by atoms with Gasteiger partial charge in [-0.3, -0.25) is 9.69 Å². The van der Waals surface area contributed by atoms with Gasteiger partial charge in [0.25, 0.3) is 0 Å². The first-order valence-electron chi connectivity index (χ1n) is 15.7.